The minimum absolute atomic E-state index is 0.0346. The lowest BCUT2D eigenvalue weighted by Gasteiger charge is -2.33. The number of nitrogens with zero attached hydrogens (tertiary/aromatic N) is 2. The molecule has 0 aliphatic carbocycles. The van der Waals surface area contributed by atoms with Crippen LogP contribution < -0.4 is 9.47 Å². The largest absolute Gasteiger partial charge is 0.493 e. The van der Waals surface area contributed by atoms with Gasteiger partial charge in [0, 0.05) is 32.2 Å². The molecule has 0 radical (unpaired) electrons. The first-order valence-corrected chi connectivity index (χ1v) is 11.7. The monoisotopic (exact) mass is 462 g/mol. The molecule has 2 aromatic rings. The predicted octanol–water partition coefficient (Wildman–Crippen LogP) is 1.68. The van der Waals surface area contributed by atoms with E-state index in [0.29, 0.717) is 11.8 Å². The van der Waals surface area contributed by atoms with E-state index in [4.69, 9.17) is 9.47 Å². The van der Waals surface area contributed by atoms with Crippen LogP contribution in [0.2, 0.25) is 0 Å². The van der Waals surface area contributed by atoms with E-state index >= 15 is 0 Å². The zero-order chi connectivity index (χ0) is 22.1. The zero-order valence-corrected chi connectivity index (χ0v) is 17.8. The third-order valence-electron chi connectivity index (χ3n) is 4.70. The minimum atomic E-state index is -4.31. The Morgan fingerprint density at radius 3 is 1.90 bits per heavy atom. The number of hydrogen-bond donors (Lipinski definition) is 0. The molecule has 0 amide bonds. The van der Waals surface area contributed by atoms with E-state index in [0.717, 1.165) is 20.7 Å². The van der Waals surface area contributed by atoms with Crippen LogP contribution in [-0.4, -0.2) is 65.8 Å². The fraction of sp³-hybridized carbons (Fsp3) is 0.333. The highest BCUT2D eigenvalue weighted by atomic mass is 32.2. The van der Waals surface area contributed by atoms with Crippen molar-refractivity contribution in [2.45, 2.75) is 9.79 Å². The van der Waals surface area contributed by atoms with Gasteiger partial charge in [-0.3, -0.25) is 0 Å². The van der Waals surface area contributed by atoms with Crippen molar-refractivity contribution in [1.82, 2.24) is 8.61 Å². The molecule has 30 heavy (non-hydrogen) atoms. The molecule has 0 N–H and O–H groups in total. The van der Waals surface area contributed by atoms with Gasteiger partial charge in [-0.05, 0) is 30.3 Å². The van der Waals surface area contributed by atoms with E-state index in [1.54, 1.807) is 0 Å². The molecular weight excluding hydrogens is 442 g/mol. The average Bonchev–Trinajstić information content (AvgIpc) is 2.74. The predicted molar refractivity (Wildman–Crippen MR) is 103 cm³/mol. The first-order chi connectivity index (χ1) is 14.1. The molecule has 2 aromatic carbocycles. The van der Waals surface area contributed by atoms with E-state index in [1.807, 2.05) is 0 Å². The van der Waals surface area contributed by atoms with Gasteiger partial charge in [-0.2, -0.15) is 8.61 Å². The zero-order valence-electron chi connectivity index (χ0n) is 16.2. The summed E-state index contributed by atoms with van der Waals surface area (Å²) in [4.78, 5) is -0.814. The molecule has 3 rings (SSSR count). The Labute approximate surface area is 173 Å². The summed E-state index contributed by atoms with van der Waals surface area (Å²) in [6, 6.07) is 6.31. The van der Waals surface area contributed by atoms with Gasteiger partial charge in [-0.1, -0.05) is 0 Å². The Balaban J connectivity index is 1.80. The van der Waals surface area contributed by atoms with Crippen LogP contribution in [0.15, 0.2) is 46.2 Å². The lowest BCUT2D eigenvalue weighted by Crippen LogP contribution is -2.50. The number of rotatable bonds is 6. The third-order valence-corrected chi connectivity index (χ3v) is 8.51. The number of hydrogen-bond acceptors (Lipinski definition) is 6. The first-order valence-electron chi connectivity index (χ1n) is 8.78. The molecule has 0 atom stereocenters. The van der Waals surface area contributed by atoms with Crippen molar-refractivity contribution >= 4 is 20.0 Å². The number of halogens is 2. The van der Waals surface area contributed by atoms with Crippen molar-refractivity contribution in [1.29, 1.82) is 0 Å². The second-order valence-corrected chi connectivity index (χ2v) is 10.2. The highest BCUT2D eigenvalue weighted by molar-refractivity contribution is 7.89. The number of methoxy groups -OCH3 is 2. The fourth-order valence-corrected chi connectivity index (χ4v) is 6.03. The smallest absolute Gasteiger partial charge is 0.246 e. The number of sulfonamides is 2. The molecule has 0 aromatic heterocycles. The van der Waals surface area contributed by atoms with E-state index in [2.05, 4.69) is 0 Å². The normalized spacial score (nSPS) is 16.4. The molecule has 8 nitrogen and oxygen atoms in total. The summed E-state index contributed by atoms with van der Waals surface area (Å²) in [5, 5.41) is 0. The maximum Gasteiger partial charge on any atom is 0.246 e. The molecular formula is C18H20F2N2O6S2. The maximum atomic E-state index is 13.9. The summed E-state index contributed by atoms with van der Waals surface area (Å²) in [5.74, 6) is -1.35. The summed E-state index contributed by atoms with van der Waals surface area (Å²) >= 11 is 0. The van der Waals surface area contributed by atoms with Crippen LogP contribution in [-0.2, 0) is 20.0 Å². The third kappa shape index (κ3) is 4.13. The van der Waals surface area contributed by atoms with Crippen molar-refractivity contribution in [2.75, 3.05) is 40.4 Å². The van der Waals surface area contributed by atoms with Crippen LogP contribution in [0.5, 0.6) is 11.5 Å². The van der Waals surface area contributed by atoms with Crippen LogP contribution in [0.25, 0.3) is 0 Å². The fourth-order valence-electron chi connectivity index (χ4n) is 3.09. The minimum Gasteiger partial charge on any atom is -0.493 e. The van der Waals surface area contributed by atoms with Crippen LogP contribution in [0, 0.1) is 11.6 Å². The van der Waals surface area contributed by atoms with E-state index in [9.17, 15) is 25.6 Å². The molecule has 0 unspecified atom stereocenters. The van der Waals surface area contributed by atoms with Crippen molar-refractivity contribution in [3.05, 3.63) is 48.0 Å². The molecule has 1 aliphatic rings. The number of benzene rings is 2. The number of ether oxygens (including phenoxy) is 2. The highest BCUT2D eigenvalue weighted by Gasteiger charge is 2.35. The van der Waals surface area contributed by atoms with Crippen molar-refractivity contribution in [3.8, 4) is 11.5 Å². The van der Waals surface area contributed by atoms with E-state index < -0.39 is 36.6 Å². The quantitative estimate of drug-likeness (QED) is 0.649. The maximum absolute atomic E-state index is 13.9. The highest BCUT2D eigenvalue weighted by Crippen LogP contribution is 2.31. The Morgan fingerprint density at radius 1 is 0.767 bits per heavy atom. The van der Waals surface area contributed by atoms with Gasteiger partial charge in [0.05, 0.1) is 19.1 Å². The molecule has 0 bridgehead atoms. The molecule has 1 heterocycles. The lowest BCUT2D eigenvalue weighted by atomic mass is 10.3. The Kier molecular flexibility index (Phi) is 6.32. The Hall–Kier alpha value is -2.28. The standard InChI is InChI=1S/C18H20F2N2O6S2/c1-27-16-6-4-14(12-17(16)28-2)29(23,24)21-7-9-22(10-8-21)30(25,26)18-11-13(19)3-5-15(18)20/h3-6,11-12H,7-10H2,1-2H3. The van der Waals surface area contributed by atoms with Crippen LogP contribution in [0.4, 0.5) is 8.78 Å². The molecule has 0 spiro atoms. The van der Waals surface area contributed by atoms with Gasteiger partial charge in [-0.25, -0.2) is 25.6 Å². The van der Waals surface area contributed by atoms with Gasteiger partial charge in [0.15, 0.2) is 11.5 Å². The van der Waals surface area contributed by atoms with Crippen molar-refractivity contribution in [2.24, 2.45) is 0 Å². The summed E-state index contributed by atoms with van der Waals surface area (Å²) in [5.41, 5.74) is 0. The van der Waals surface area contributed by atoms with Gasteiger partial charge in [0.1, 0.15) is 16.5 Å². The Bertz CT molecular complexity index is 1150. The average molecular weight is 462 g/mol. The molecule has 1 fully saturated rings. The van der Waals surface area contributed by atoms with Gasteiger partial charge in [0.2, 0.25) is 20.0 Å². The number of piperazine rings is 1. The molecule has 1 aliphatic heterocycles. The summed E-state index contributed by atoms with van der Waals surface area (Å²) in [7, 11) is -5.43. The first kappa shape index (κ1) is 22.4. The van der Waals surface area contributed by atoms with Crippen molar-refractivity contribution in [3.63, 3.8) is 0 Å². The van der Waals surface area contributed by atoms with Gasteiger partial charge >= 0.3 is 0 Å². The summed E-state index contributed by atoms with van der Waals surface area (Å²) in [6.07, 6.45) is 0. The molecule has 0 saturated carbocycles. The van der Waals surface area contributed by atoms with Gasteiger partial charge < -0.3 is 9.47 Å². The lowest BCUT2D eigenvalue weighted by molar-refractivity contribution is 0.272. The van der Waals surface area contributed by atoms with E-state index in [1.165, 1.54) is 32.4 Å². The van der Waals surface area contributed by atoms with E-state index in [-0.39, 0.29) is 36.8 Å². The Morgan fingerprint density at radius 2 is 1.33 bits per heavy atom. The van der Waals surface area contributed by atoms with Crippen LogP contribution >= 0.6 is 0 Å². The second-order valence-electron chi connectivity index (χ2n) is 6.40. The van der Waals surface area contributed by atoms with Crippen LogP contribution in [0.1, 0.15) is 0 Å². The molecule has 12 heteroatoms. The van der Waals surface area contributed by atoms with Gasteiger partial charge in [-0.15, -0.1) is 0 Å². The SMILES string of the molecule is COc1ccc(S(=O)(=O)N2CCN(S(=O)(=O)c3cc(F)ccc3F)CC2)cc1OC. The topological polar surface area (TPSA) is 93.2 Å². The molecule has 1 saturated heterocycles. The van der Waals surface area contributed by atoms with Crippen LogP contribution in [0.3, 0.4) is 0 Å². The van der Waals surface area contributed by atoms with Gasteiger partial charge in [0.25, 0.3) is 0 Å². The van der Waals surface area contributed by atoms with Crippen molar-refractivity contribution < 1.29 is 35.1 Å². The second kappa shape index (κ2) is 8.46. The summed E-state index contributed by atoms with van der Waals surface area (Å²) < 4.78 is 90.8. The molecule has 164 valence electrons. The summed E-state index contributed by atoms with van der Waals surface area (Å²) in [6.45, 7) is -0.699.